The Kier molecular flexibility index (Phi) is 5.19. The van der Waals surface area contributed by atoms with Crippen LogP contribution in [0.5, 0.6) is 0 Å². The third-order valence-corrected chi connectivity index (χ3v) is 3.88. The number of nitrogens with zero attached hydrogens (tertiary/aromatic N) is 1. The summed E-state index contributed by atoms with van der Waals surface area (Å²) in [5.41, 5.74) is 4.00. The summed E-state index contributed by atoms with van der Waals surface area (Å²) < 4.78 is 0. The number of carbonyl (C=O) groups is 1. The summed E-state index contributed by atoms with van der Waals surface area (Å²) >= 11 is 3.91. The van der Waals surface area contributed by atoms with Crippen LogP contribution in [0.15, 0.2) is 59.6 Å². The monoisotopic (exact) mass is 311 g/mol. The lowest BCUT2D eigenvalue weighted by atomic mass is 9.80. The average Bonchev–Trinajstić information content (AvgIpc) is 2.48. The van der Waals surface area contributed by atoms with Crippen molar-refractivity contribution in [3.05, 3.63) is 60.2 Å². The Hall–Kier alpha value is -1.87. The maximum atomic E-state index is 11.4. The number of thiol groups is 1. The number of hydrogen-bond donors (Lipinski definition) is 1. The van der Waals surface area contributed by atoms with Gasteiger partial charge in [-0.3, -0.25) is 9.79 Å². The van der Waals surface area contributed by atoms with Gasteiger partial charge < -0.3 is 0 Å². The maximum Gasteiger partial charge on any atom is 0.186 e. The van der Waals surface area contributed by atoms with E-state index in [0.717, 1.165) is 11.3 Å². The molecule has 0 radical (unpaired) electrons. The zero-order valence-electron chi connectivity index (χ0n) is 13.2. The molecule has 0 unspecified atom stereocenters. The molecule has 0 spiro atoms. The first-order chi connectivity index (χ1) is 10.4. The number of benzene rings is 2. The molecule has 3 heteroatoms. The molecule has 2 rings (SSSR count). The van der Waals surface area contributed by atoms with E-state index in [1.807, 2.05) is 32.0 Å². The third-order valence-electron chi connectivity index (χ3n) is 3.72. The van der Waals surface area contributed by atoms with Gasteiger partial charge in [0.1, 0.15) is 0 Å². The van der Waals surface area contributed by atoms with Gasteiger partial charge in [0.2, 0.25) is 0 Å². The molecule has 0 atom stereocenters. The Balaban J connectivity index is 2.31. The van der Waals surface area contributed by atoms with Crippen LogP contribution in [0, 0.1) is 5.41 Å². The van der Waals surface area contributed by atoms with Crippen LogP contribution in [-0.4, -0.2) is 17.9 Å². The van der Waals surface area contributed by atoms with Gasteiger partial charge in [-0.05, 0) is 16.7 Å². The van der Waals surface area contributed by atoms with Crippen molar-refractivity contribution >= 4 is 23.5 Å². The third kappa shape index (κ3) is 3.86. The zero-order valence-corrected chi connectivity index (χ0v) is 14.1. The highest BCUT2D eigenvalue weighted by molar-refractivity contribution is 7.96. The van der Waals surface area contributed by atoms with Crippen molar-refractivity contribution in [1.29, 1.82) is 0 Å². The summed E-state index contributed by atoms with van der Waals surface area (Å²) in [7, 11) is 1.77. The predicted octanol–water partition coefficient (Wildman–Crippen LogP) is 4.65. The number of hydrogen-bond acceptors (Lipinski definition) is 2. The summed E-state index contributed by atoms with van der Waals surface area (Å²) in [6.45, 7) is 4.04. The molecular formula is C19H21NOS. The van der Waals surface area contributed by atoms with Gasteiger partial charge in [0.05, 0.1) is 0 Å². The molecule has 0 N–H and O–H groups in total. The van der Waals surface area contributed by atoms with E-state index in [4.69, 9.17) is 0 Å². The van der Waals surface area contributed by atoms with Crippen molar-refractivity contribution in [1.82, 2.24) is 0 Å². The Labute approximate surface area is 137 Å². The minimum atomic E-state index is -0.332. The van der Waals surface area contributed by atoms with E-state index < -0.39 is 0 Å². The highest BCUT2D eigenvalue weighted by Gasteiger charge is 2.27. The second-order valence-electron chi connectivity index (χ2n) is 5.97. The van der Waals surface area contributed by atoms with Crippen molar-refractivity contribution in [2.75, 3.05) is 7.05 Å². The summed E-state index contributed by atoms with van der Waals surface area (Å²) in [5, 5.41) is -0.118. The first-order valence-corrected chi connectivity index (χ1v) is 7.73. The Morgan fingerprint density at radius 1 is 1.00 bits per heavy atom. The van der Waals surface area contributed by atoms with E-state index in [1.54, 1.807) is 7.05 Å². The lowest BCUT2D eigenvalue weighted by Crippen LogP contribution is -2.27. The van der Waals surface area contributed by atoms with Gasteiger partial charge in [-0.2, -0.15) is 0 Å². The van der Waals surface area contributed by atoms with E-state index in [2.05, 4.69) is 54.0 Å². The maximum absolute atomic E-state index is 11.4. The standard InChI is InChI=1S/C19H21NOS/c1-19(2,13-17(21)22)18(20-3)16-11-9-15(10-12-16)14-7-5-4-6-8-14/h4-12H,13H2,1-3H3,(H,21,22). The van der Waals surface area contributed by atoms with Gasteiger partial charge in [0.15, 0.2) is 5.12 Å². The minimum absolute atomic E-state index is 0.118. The minimum Gasteiger partial charge on any atom is -0.292 e. The second kappa shape index (κ2) is 6.93. The largest absolute Gasteiger partial charge is 0.292 e. The molecule has 0 amide bonds. The average molecular weight is 311 g/mol. The fraction of sp³-hybridized carbons (Fsp3) is 0.263. The fourth-order valence-corrected chi connectivity index (χ4v) is 3.13. The molecule has 2 nitrogen and oxygen atoms in total. The molecule has 0 saturated carbocycles. The molecule has 114 valence electrons. The molecule has 22 heavy (non-hydrogen) atoms. The molecule has 2 aromatic carbocycles. The fourth-order valence-electron chi connectivity index (χ4n) is 2.74. The summed E-state index contributed by atoms with van der Waals surface area (Å²) in [6.07, 6.45) is 0.364. The molecule has 0 heterocycles. The van der Waals surface area contributed by atoms with E-state index in [0.29, 0.717) is 6.42 Å². The molecule has 0 bridgehead atoms. The normalized spacial score (nSPS) is 12.3. The summed E-state index contributed by atoms with van der Waals surface area (Å²) in [4.78, 5) is 15.8. The van der Waals surface area contributed by atoms with Crippen molar-refractivity contribution < 1.29 is 4.79 Å². The Morgan fingerprint density at radius 2 is 1.55 bits per heavy atom. The molecular weight excluding hydrogens is 290 g/mol. The highest BCUT2D eigenvalue weighted by Crippen LogP contribution is 2.29. The van der Waals surface area contributed by atoms with Gasteiger partial charge >= 0.3 is 0 Å². The van der Waals surface area contributed by atoms with Crippen LogP contribution in [0.4, 0.5) is 0 Å². The van der Waals surface area contributed by atoms with E-state index in [-0.39, 0.29) is 10.5 Å². The van der Waals surface area contributed by atoms with Gasteiger partial charge in [0, 0.05) is 24.6 Å². The van der Waals surface area contributed by atoms with Crippen LogP contribution in [0.25, 0.3) is 11.1 Å². The van der Waals surface area contributed by atoms with Crippen LogP contribution < -0.4 is 0 Å². The summed E-state index contributed by atoms with van der Waals surface area (Å²) in [5.74, 6) is 0. The van der Waals surface area contributed by atoms with Gasteiger partial charge in [-0.15, -0.1) is 12.6 Å². The second-order valence-corrected chi connectivity index (χ2v) is 6.47. The van der Waals surface area contributed by atoms with Gasteiger partial charge in [-0.25, -0.2) is 0 Å². The zero-order chi connectivity index (χ0) is 16.2. The van der Waals surface area contributed by atoms with Gasteiger partial charge in [-0.1, -0.05) is 68.4 Å². The van der Waals surface area contributed by atoms with E-state index >= 15 is 0 Å². The number of rotatable bonds is 5. The Bertz CT molecular complexity index is 672. The van der Waals surface area contributed by atoms with Gasteiger partial charge in [0.25, 0.3) is 0 Å². The molecule has 0 saturated heterocycles. The SMILES string of the molecule is CN=C(c1ccc(-c2ccccc2)cc1)C(C)(C)CC(=O)S. The quantitative estimate of drug-likeness (QED) is 0.632. The molecule has 0 aliphatic rings. The smallest absolute Gasteiger partial charge is 0.186 e. The highest BCUT2D eigenvalue weighted by atomic mass is 32.1. The molecule has 0 aromatic heterocycles. The first kappa shape index (κ1) is 16.5. The van der Waals surface area contributed by atoms with Crippen LogP contribution in [0.3, 0.4) is 0 Å². The van der Waals surface area contributed by atoms with Crippen molar-refractivity contribution in [2.24, 2.45) is 10.4 Å². The molecule has 0 fully saturated rings. The first-order valence-electron chi connectivity index (χ1n) is 7.29. The lowest BCUT2D eigenvalue weighted by molar-refractivity contribution is -0.111. The summed E-state index contributed by atoms with van der Waals surface area (Å²) in [6, 6.07) is 18.6. The molecule has 2 aromatic rings. The van der Waals surface area contributed by atoms with Crippen LogP contribution in [0.2, 0.25) is 0 Å². The van der Waals surface area contributed by atoms with Crippen molar-refractivity contribution in [2.45, 2.75) is 20.3 Å². The van der Waals surface area contributed by atoms with Crippen LogP contribution in [-0.2, 0) is 4.79 Å². The number of carbonyl (C=O) groups excluding carboxylic acids is 1. The topological polar surface area (TPSA) is 29.4 Å². The van der Waals surface area contributed by atoms with Crippen LogP contribution in [0.1, 0.15) is 25.8 Å². The Morgan fingerprint density at radius 3 is 2.05 bits per heavy atom. The number of aliphatic imine (C=N–C) groups is 1. The molecule has 0 aliphatic heterocycles. The van der Waals surface area contributed by atoms with Crippen molar-refractivity contribution in [3.63, 3.8) is 0 Å². The predicted molar refractivity (Wildman–Crippen MR) is 96.7 cm³/mol. The van der Waals surface area contributed by atoms with Crippen LogP contribution >= 0.6 is 12.6 Å². The molecule has 0 aliphatic carbocycles. The lowest BCUT2D eigenvalue weighted by Gasteiger charge is -2.25. The van der Waals surface area contributed by atoms with E-state index in [9.17, 15) is 4.79 Å². The van der Waals surface area contributed by atoms with E-state index in [1.165, 1.54) is 11.1 Å². The van der Waals surface area contributed by atoms with Crippen molar-refractivity contribution in [3.8, 4) is 11.1 Å².